The highest BCUT2D eigenvalue weighted by Gasteiger charge is 2.26. The third kappa shape index (κ3) is 4.99. The molecule has 0 spiro atoms. The van der Waals surface area contributed by atoms with E-state index in [0.29, 0.717) is 10.6 Å². The molecule has 1 aliphatic rings. The molecule has 1 aliphatic carbocycles. The van der Waals surface area contributed by atoms with E-state index in [9.17, 15) is 13.2 Å². The first-order chi connectivity index (χ1) is 10.4. The molecule has 22 heavy (non-hydrogen) atoms. The molecule has 1 amide bonds. The van der Waals surface area contributed by atoms with Crippen LogP contribution in [-0.4, -0.2) is 38.1 Å². The van der Waals surface area contributed by atoms with Gasteiger partial charge in [0.05, 0.1) is 5.75 Å². The highest BCUT2D eigenvalue weighted by Crippen LogP contribution is 2.22. The predicted molar refractivity (Wildman–Crippen MR) is 88.6 cm³/mol. The van der Waals surface area contributed by atoms with E-state index >= 15 is 0 Å². The second-order valence-electron chi connectivity index (χ2n) is 5.96. The Labute approximate surface area is 137 Å². The van der Waals surface area contributed by atoms with Crippen molar-refractivity contribution in [2.45, 2.75) is 43.9 Å². The van der Waals surface area contributed by atoms with Crippen LogP contribution in [-0.2, 0) is 20.4 Å². The summed E-state index contributed by atoms with van der Waals surface area (Å²) in [5.41, 5.74) is 0.650. The Bertz CT molecular complexity index is 607. The third-order valence-electron chi connectivity index (χ3n) is 4.16. The zero-order valence-corrected chi connectivity index (χ0v) is 14.4. The second-order valence-corrected chi connectivity index (χ2v) is 8.46. The van der Waals surface area contributed by atoms with Crippen molar-refractivity contribution in [3.05, 3.63) is 34.9 Å². The van der Waals surface area contributed by atoms with Crippen molar-refractivity contribution in [3.8, 4) is 0 Å². The molecule has 0 N–H and O–H groups in total. The van der Waals surface area contributed by atoms with Gasteiger partial charge in [-0.25, -0.2) is 8.42 Å². The van der Waals surface area contributed by atoms with Crippen LogP contribution in [0.2, 0.25) is 5.02 Å². The van der Waals surface area contributed by atoms with Crippen LogP contribution in [0.5, 0.6) is 0 Å². The summed E-state index contributed by atoms with van der Waals surface area (Å²) in [6.45, 7) is 0. The average Bonchev–Trinajstić information content (AvgIpc) is 2.49. The molecule has 2 rings (SSSR count). The summed E-state index contributed by atoms with van der Waals surface area (Å²) in [5, 5.41) is 0.564. The number of hydrogen-bond acceptors (Lipinski definition) is 3. The molecule has 122 valence electrons. The topological polar surface area (TPSA) is 54.5 Å². The van der Waals surface area contributed by atoms with E-state index in [1.54, 1.807) is 36.2 Å². The van der Waals surface area contributed by atoms with Crippen LogP contribution in [0.4, 0.5) is 0 Å². The number of carbonyl (C=O) groups excluding carboxylic acids is 1. The molecular formula is C16H22ClNO3S. The van der Waals surface area contributed by atoms with E-state index in [-0.39, 0.29) is 17.7 Å². The van der Waals surface area contributed by atoms with Crippen molar-refractivity contribution in [2.24, 2.45) is 0 Å². The summed E-state index contributed by atoms with van der Waals surface area (Å²) in [6.07, 6.45) is 5.37. The summed E-state index contributed by atoms with van der Waals surface area (Å²) < 4.78 is 24.4. The number of hydrogen-bond donors (Lipinski definition) is 0. The lowest BCUT2D eigenvalue weighted by atomic mass is 9.94. The Balaban J connectivity index is 1.95. The van der Waals surface area contributed by atoms with E-state index in [0.717, 1.165) is 25.7 Å². The molecule has 1 saturated carbocycles. The Kier molecular flexibility index (Phi) is 5.87. The van der Waals surface area contributed by atoms with Crippen LogP contribution in [0.3, 0.4) is 0 Å². The van der Waals surface area contributed by atoms with Gasteiger partial charge in [0, 0.05) is 18.1 Å². The minimum atomic E-state index is -3.46. The van der Waals surface area contributed by atoms with Gasteiger partial charge in [0.15, 0.2) is 9.84 Å². The van der Waals surface area contributed by atoms with Crippen LogP contribution in [0.25, 0.3) is 0 Å². The van der Waals surface area contributed by atoms with Gasteiger partial charge in [0.25, 0.3) is 0 Å². The fourth-order valence-electron chi connectivity index (χ4n) is 2.85. The quantitative estimate of drug-likeness (QED) is 0.825. The molecule has 0 heterocycles. The number of rotatable bonds is 5. The van der Waals surface area contributed by atoms with Gasteiger partial charge in [0.2, 0.25) is 5.91 Å². The minimum Gasteiger partial charge on any atom is -0.342 e. The van der Waals surface area contributed by atoms with E-state index in [2.05, 4.69) is 0 Å². The number of amides is 1. The highest BCUT2D eigenvalue weighted by atomic mass is 35.5. The lowest BCUT2D eigenvalue weighted by molar-refractivity contribution is -0.129. The maximum absolute atomic E-state index is 12.2. The van der Waals surface area contributed by atoms with Crippen molar-refractivity contribution in [3.63, 3.8) is 0 Å². The lowest BCUT2D eigenvalue weighted by Crippen LogP contribution is -2.41. The molecule has 1 fully saturated rings. The van der Waals surface area contributed by atoms with Crippen molar-refractivity contribution < 1.29 is 13.2 Å². The number of carbonyl (C=O) groups is 1. The first-order valence-electron chi connectivity index (χ1n) is 7.58. The fraction of sp³-hybridized carbons (Fsp3) is 0.562. The van der Waals surface area contributed by atoms with Crippen LogP contribution >= 0.6 is 11.6 Å². The van der Waals surface area contributed by atoms with E-state index in [1.807, 2.05) is 0 Å². The Morgan fingerprint density at radius 3 is 2.36 bits per heavy atom. The Hall–Kier alpha value is -1.07. The molecule has 0 atom stereocenters. The summed E-state index contributed by atoms with van der Waals surface area (Å²) in [6, 6.07) is 6.85. The number of halogens is 1. The Morgan fingerprint density at radius 1 is 1.18 bits per heavy atom. The van der Waals surface area contributed by atoms with Gasteiger partial charge in [-0.2, -0.15) is 0 Å². The fourth-order valence-corrected chi connectivity index (χ4v) is 4.36. The normalized spacial score (nSPS) is 16.5. The van der Waals surface area contributed by atoms with E-state index in [4.69, 9.17) is 11.6 Å². The SMILES string of the molecule is CN(C(=O)CS(=O)(=O)Cc1ccc(Cl)cc1)C1CCCCC1. The van der Waals surface area contributed by atoms with Gasteiger partial charge >= 0.3 is 0 Å². The molecule has 0 aromatic heterocycles. The first-order valence-corrected chi connectivity index (χ1v) is 9.78. The van der Waals surface area contributed by atoms with Gasteiger partial charge in [-0.05, 0) is 30.5 Å². The lowest BCUT2D eigenvalue weighted by Gasteiger charge is -2.31. The third-order valence-corrected chi connectivity index (χ3v) is 5.87. The number of nitrogens with zero attached hydrogens (tertiary/aromatic N) is 1. The van der Waals surface area contributed by atoms with Crippen LogP contribution in [0.1, 0.15) is 37.7 Å². The van der Waals surface area contributed by atoms with Crippen LogP contribution in [0, 0.1) is 0 Å². The molecule has 0 bridgehead atoms. The van der Waals surface area contributed by atoms with Crippen molar-refractivity contribution in [2.75, 3.05) is 12.8 Å². The molecule has 0 saturated heterocycles. The van der Waals surface area contributed by atoms with E-state index < -0.39 is 15.6 Å². The van der Waals surface area contributed by atoms with E-state index in [1.165, 1.54) is 6.42 Å². The maximum atomic E-state index is 12.2. The summed E-state index contributed by atoms with van der Waals surface area (Å²) >= 11 is 5.78. The molecule has 0 unspecified atom stereocenters. The average molecular weight is 344 g/mol. The largest absolute Gasteiger partial charge is 0.342 e. The van der Waals surface area contributed by atoms with Crippen molar-refractivity contribution in [1.29, 1.82) is 0 Å². The zero-order chi connectivity index (χ0) is 16.2. The second kappa shape index (κ2) is 7.47. The van der Waals surface area contributed by atoms with Crippen LogP contribution in [0.15, 0.2) is 24.3 Å². The molecule has 1 aromatic rings. The molecular weight excluding hydrogens is 322 g/mol. The monoisotopic (exact) mass is 343 g/mol. The predicted octanol–water partition coefficient (Wildman–Crippen LogP) is 3.05. The first kappa shape index (κ1) is 17.3. The van der Waals surface area contributed by atoms with Gasteiger partial charge in [-0.1, -0.05) is 43.0 Å². The maximum Gasteiger partial charge on any atom is 0.237 e. The van der Waals surface area contributed by atoms with Crippen LogP contribution < -0.4 is 0 Å². The molecule has 6 heteroatoms. The van der Waals surface area contributed by atoms with Crippen molar-refractivity contribution >= 4 is 27.3 Å². The summed E-state index contributed by atoms with van der Waals surface area (Å²) in [5.74, 6) is -0.863. The van der Waals surface area contributed by atoms with Gasteiger partial charge in [0.1, 0.15) is 5.75 Å². The molecule has 1 aromatic carbocycles. The summed E-state index contributed by atoms with van der Waals surface area (Å²) in [7, 11) is -1.75. The standard InChI is InChI=1S/C16H22ClNO3S/c1-18(15-5-3-2-4-6-15)16(19)12-22(20,21)11-13-7-9-14(17)10-8-13/h7-10,15H,2-6,11-12H2,1H3. The zero-order valence-electron chi connectivity index (χ0n) is 12.8. The van der Waals surface area contributed by atoms with Gasteiger partial charge < -0.3 is 4.90 Å². The summed E-state index contributed by atoms with van der Waals surface area (Å²) in [4.78, 5) is 13.9. The molecule has 0 aliphatic heterocycles. The van der Waals surface area contributed by atoms with Crippen molar-refractivity contribution in [1.82, 2.24) is 4.90 Å². The Morgan fingerprint density at radius 2 is 1.77 bits per heavy atom. The molecule has 0 radical (unpaired) electrons. The van der Waals surface area contributed by atoms with Gasteiger partial charge in [-0.3, -0.25) is 4.79 Å². The minimum absolute atomic E-state index is 0.131. The smallest absolute Gasteiger partial charge is 0.237 e. The highest BCUT2D eigenvalue weighted by molar-refractivity contribution is 7.91. The molecule has 4 nitrogen and oxygen atoms in total. The number of sulfone groups is 1. The van der Waals surface area contributed by atoms with Gasteiger partial charge in [-0.15, -0.1) is 0 Å². The number of benzene rings is 1.